The molecule has 7 nitrogen and oxygen atoms in total. The van der Waals surface area contributed by atoms with Crippen LogP contribution < -0.4 is 15.0 Å². The number of likely N-dealkylation sites (tertiary alicyclic amines) is 1. The van der Waals surface area contributed by atoms with Crippen molar-refractivity contribution in [3.05, 3.63) is 53.6 Å². The van der Waals surface area contributed by atoms with E-state index in [9.17, 15) is 14.4 Å². The van der Waals surface area contributed by atoms with Gasteiger partial charge in [-0.25, -0.2) is 0 Å². The van der Waals surface area contributed by atoms with Crippen LogP contribution in [-0.4, -0.2) is 55.1 Å². The largest absolute Gasteiger partial charge is 0.497 e. The number of hydrogen-bond acceptors (Lipinski definition) is 5. The van der Waals surface area contributed by atoms with E-state index in [1.54, 1.807) is 13.2 Å². The van der Waals surface area contributed by atoms with E-state index in [0.717, 1.165) is 42.1 Å². The minimum absolute atomic E-state index is 0.0211. The van der Waals surface area contributed by atoms with Gasteiger partial charge in [-0.2, -0.15) is 0 Å². The highest BCUT2D eigenvalue weighted by Gasteiger charge is 2.28. The normalized spacial score (nSPS) is 15.6. The lowest BCUT2D eigenvalue weighted by atomic mass is 10.1. The summed E-state index contributed by atoms with van der Waals surface area (Å²) in [5.74, 6) is 0.619. The van der Waals surface area contributed by atoms with Gasteiger partial charge >= 0.3 is 0 Å². The Labute approximate surface area is 185 Å². The van der Waals surface area contributed by atoms with Crippen LogP contribution in [0.5, 0.6) is 5.75 Å². The number of nitrogens with one attached hydrogen (secondary N) is 1. The number of carbonyl (C=O) groups is 3. The molecule has 1 saturated heterocycles. The van der Waals surface area contributed by atoms with Crippen LogP contribution >= 0.6 is 11.8 Å². The SMILES string of the molecule is COc1ccc(CNC(=O)CN2C(=O)CSc3ccc(C(=O)N4CCCC4)cc32)cc1. The molecule has 0 saturated carbocycles. The zero-order chi connectivity index (χ0) is 21.8. The molecule has 0 aliphatic carbocycles. The summed E-state index contributed by atoms with van der Waals surface area (Å²) in [5.41, 5.74) is 2.12. The molecule has 31 heavy (non-hydrogen) atoms. The van der Waals surface area contributed by atoms with Gasteiger partial charge in [0.2, 0.25) is 11.8 Å². The second-order valence-corrected chi connectivity index (χ2v) is 8.59. The maximum absolute atomic E-state index is 12.8. The van der Waals surface area contributed by atoms with Gasteiger partial charge in [-0.1, -0.05) is 12.1 Å². The van der Waals surface area contributed by atoms with Crippen molar-refractivity contribution in [1.29, 1.82) is 0 Å². The van der Waals surface area contributed by atoms with Gasteiger partial charge < -0.3 is 19.9 Å². The van der Waals surface area contributed by atoms with Crippen molar-refractivity contribution in [2.24, 2.45) is 0 Å². The average molecular weight is 440 g/mol. The van der Waals surface area contributed by atoms with Crippen molar-refractivity contribution in [1.82, 2.24) is 10.2 Å². The van der Waals surface area contributed by atoms with Gasteiger partial charge in [0.1, 0.15) is 12.3 Å². The maximum atomic E-state index is 12.8. The Bertz CT molecular complexity index is 987. The molecule has 0 atom stereocenters. The number of benzene rings is 2. The van der Waals surface area contributed by atoms with Gasteiger partial charge in [-0.15, -0.1) is 11.8 Å². The molecular formula is C23H25N3O4S. The van der Waals surface area contributed by atoms with E-state index < -0.39 is 0 Å². The van der Waals surface area contributed by atoms with Crippen LogP contribution in [0.15, 0.2) is 47.4 Å². The molecule has 0 aromatic heterocycles. The third-order valence-electron chi connectivity index (χ3n) is 5.49. The Morgan fingerprint density at radius 1 is 1.10 bits per heavy atom. The zero-order valence-corrected chi connectivity index (χ0v) is 18.2. The Morgan fingerprint density at radius 2 is 1.84 bits per heavy atom. The number of carbonyl (C=O) groups excluding carboxylic acids is 3. The topological polar surface area (TPSA) is 79.0 Å². The summed E-state index contributed by atoms with van der Waals surface area (Å²) in [5, 5.41) is 2.86. The third-order valence-corrected chi connectivity index (χ3v) is 6.54. The maximum Gasteiger partial charge on any atom is 0.253 e. The molecule has 4 rings (SSSR count). The molecule has 2 aromatic carbocycles. The zero-order valence-electron chi connectivity index (χ0n) is 17.4. The van der Waals surface area contributed by atoms with E-state index in [1.807, 2.05) is 41.3 Å². The van der Waals surface area contributed by atoms with Gasteiger partial charge in [-0.05, 0) is 48.7 Å². The number of nitrogens with zero attached hydrogens (tertiary/aromatic N) is 2. The summed E-state index contributed by atoms with van der Waals surface area (Å²) < 4.78 is 5.14. The van der Waals surface area contributed by atoms with Crippen LogP contribution in [0.1, 0.15) is 28.8 Å². The molecule has 2 aromatic rings. The second-order valence-electron chi connectivity index (χ2n) is 7.58. The van der Waals surface area contributed by atoms with E-state index in [0.29, 0.717) is 17.8 Å². The number of hydrogen-bond donors (Lipinski definition) is 1. The van der Waals surface area contributed by atoms with E-state index in [1.165, 1.54) is 16.7 Å². The first-order chi connectivity index (χ1) is 15.0. The lowest BCUT2D eigenvalue weighted by Gasteiger charge is -2.29. The van der Waals surface area contributed by atoms with Gasteiger partial charge in [0, 0.05) is 30.1 Å². The number of methoxy groups -OCH3 is 1. The van der Waals surface area contributed by atoms with Crippen LogP contribution in [0.2, 0.25) is 0 Å². The highest BCUT2D eigenvalue weighted by atomic mass is 32.2. The molecule has 0 spiro atoms. The van der Waals surface area contributed by atoms with Gasteiger partial charge in [0.25, 0.3) is 5.91 Å². The van der Waals surface area contributed by atoms with Crippen LogP contribution in [0.4, 0.5) is 5.69 Å². The number of ether oxygens (including phenoxy) is 1. The molecule has 8 heteroatoms. The molecule has 2 aliphatic rings. The van der Waals surface area contributed by atoms with E-state index in [2.05, 4.69) is 5.32 Å². The molecular weight excluding hydrogens is 414 g/mol. The minimum Gasteiger partial charge on any atom is -0.497 e. The number of thioether (sulfide) groups is 1. The number of fused-ring (bicyclic) bond motifs is 1. The molecule has 3 amide bonds. The van der Waals surface area contributed by atoms with Gasteiger partial charge in [0.05, 0.1) is 18.6 Å². The van der Waals surface area contributed by atoms with Crippen LogP contribution in [0.25, 0.3) is 0 Å². The standard InChI is InChI=1S/C23H25N3O4S/c1-30-18-7-4-16(5-8-18)13-24-21(27)14-26-19-12-17(23(29)25-10-2-3-11-25)6-9-20(19)31-15-22(26)28/h4-9,12H,2-3,10-11,13-15H2,1H3,(H,24,27). The third kappa shape index (κ3) is 4.85. The fraction of sp³-hybridized carbons (Fsp3) is 0.348. The number of rotatable bonds is 6. The molecule has 1 fully saturated rings. The van der Waals surface area contributed by atoms with E-state index >= 15 is 0 Å². The molecule has 162 valence electrons. The predicted octanol–water partition coefficient (Wildman–Crippen LogP) is 2.69. The Balaban J connectivity index is 1.45. The van der Waals surface area contributed by atoms with Crippen molar-refractivity contribution in [2.45, 2.75) is 24.3 Å². The van der Waals surface area contributed by atoms with Crippen LogP contribution in [0, 0.1) is 0 Å². The van der Waals surface area contributed by atoms with Crippen LogP contribution in [-0.2, 0) is 16.1 Å². The van der Waals surface area contributed by atoms with E-state index in [-0.39, 0.29) is 30.0 Å². The summed E-state index contributed by atoms with van der Waals surface area (Å²) in [6.07, 6.45) is 2.04. The summed E-state index contributed by atoms with van der Waals surface area (Å²) in [7, 11) is 1.60. The molecule has 0 unspecified atom stereocenters. The second kappa shape index (κ2) is 9.43. The first-order valence-corrected chi connectivity index (χ1v) is 11.3. The first kappa shape index (κ1) is 21.2. The average Bonchev–Trinajstić information content (AvgIpc) is 3.34. The van der Waals surface area contributed by atoms with Gasteiger partial charge in [-0.3, -0.25) is 14.4 Å². The summed E-state index contributed by atoms with van der Waals surface area (Å²) in [4.78, 5) is 42.2. The van der Waals surface area contributed by atoms with Crippen molar-refractivity contribution < 1.29 is 19.1 Å². The summed E-state index contributed by atoms with van der Waals surface area (Å²) >= 11 is 1.43. The minimum atomic E-state index is -0.252. The molecule has 0 radical (unpaired) electrons. The summed E-state index contributed by atoms with van der Waals surface area (Å²) in [6, 6.07) is 12.9. The van der Waals surface area contributed by atoms with Gasteiger partial charge in [0.15, 0.2) is 0 Å². The van der Waals surface area contributed by atoms with Crippen molar-refractivity contribution >= 4 is 35.2 Å². The molecule has 0 bridgehead atoms. The fourth-order valence-corrected chi connectivity index (χ4v) is 4.67. The Morgan fingerprint density at radius 3 is 2.55 bits per heavy atom. The Kier molecular flexibility index (Phi) is 6.46. The number of amides is 3. The Hall–Kier alpha value is -3.00. The predicted molar refractivity (Wildman–Crippen MR) is 119 cm³/mol. The van der Waals surface area contributed by atoms with Crippen molar-refractivity contribution in [3.8, 4) is 5.75 Å². The molecule has 1 N–H and O–H groups in total. The smallest absolute Gasteiger partial charge is 0.253 e. The molecule has 2 heterocycles. The fourth-order valence-electron chi connectivity index (χ4n) is 3.75. The lowest BCUT2D eigenvalue weighted by molar-refractivity contribution is -0.123. The quantitative estimate of drug-likeness (QED) is 0.749. The highest BCUT2D eigenvalue weighted by Crippen LogP contribution is 2.36. The first-order valence-electron chi connectivity index (χ1n) is 10.3. The lowest BCUT2D eigenvalue weighted by Crippen LogP contribution is -2.43. The molecule has 2 aliphatic heterocycles. The summed E-state index contributed by atoms with van der Waals surface area (Å²) in [6.45, 7) is 1.81. The highest BCUT2D eigenvalue weighted by molar-refractivity contribution is 8.00. The van der Waals surface area contributed by atoms with Crippen molar-refractivity contribution in [3.63, 3.8) is 0 Å². The van der Waals surface area contributed by atoms with E-state index in [4.69, 9.17) is 4.74 Å². The van der Waals surface area contributed by atoms with Crippen molar-refractivity contribution in [2.75, 3.05) is 37.4 Å². The van der Waals surface area contributed by atoms with Crippen LogP contribution in [0.3, 0.4) is 0 Å². The monoisotopic (exact) mass is 439 g/mol. The number of anilines is 1.